The minimum atomic E-state index is 0.281. The Labute approximate surface area is 116 Å². The lowest BCUT2D eigenvalue weighted by molar-refractivity contribution is 0.475. The second-order valence-corrected chi connectivity index (χ2v) is 4.44. The van der Waals surface area contributed by atoms with E-state index in [2.05, 4.69) is 15.5 Å². The molecule has 0 unspecified atom stereocenters. The number of nitrogens with zero attached hydrogens (tertiary/aromatic N) is 3. The van der Waals surface area contributed by atoms with E-state index < -0.39 is 0 Å². The van der Waals surface area contributed by atoms with Gasteiger partial charge >= 0.3 is 0 Å². The van der Waals surface area contributed by atoms with Crippen LogP contribution in [-0.4, -0.2) is 19.9 Å². The van der Waals surface area contributed by atoms with Crippen LogP contribution in [0.15, 0.2) is 61.2 Å². The molecule has 0 amide bonds. The zero-order chi connectivity index (χ0) is 13.8. The minimum Gasteiger partial charge on any atom is -0.508 e. The molecule has 0 radical (unpaired) electrons. The Morgan fingerprint density at radius 1 is 1.00 bits per heavy atom. The summed E-state index contributed by atoms with van der Waals surface area (Å²) in [4.78, 5) is 0. The quantitative estimate of drug-likeness (QED) is 0.762. The summed E-state index contributed by atoms with van der Waals surface area (Å²) >= 11 is 0. The fraction of sp³-hybridized carbons (Fsp3) is 0.0667. The van der Waals surface area contributed by atoms with Gasteiger partial charge in [-0.1, -0.05) is 18.2 Å². The van der Waals surface area contributed by atoms with Crippen LogP contribution >= 0.6 is 0 Å². The van der Waals surface area contributed by atoms with Crippen molar-refractivity contribution < 1.29 is 5.11 Å². The average Bonchev–Trinajstić information content (AvgIpc) is 3.01. The molecule has 3 aromatic rings. The number of nitrogens with one attached hydrogen (secondary N) is 1. The third kappa shape index (κ3) is 2.77. The molecule has 0 aliphatic heterocycles. The molecule has 0 atom stereocenters. The van der Waals surface area contributed by atoms with Gasteiger partial charge in [-0.3, -0.25) is 4.57 Å². The van der Waals surface area contributed by atoms with Gasteiger partial charge in [-0.05, 0) is 35.9 Å². The number of aromatic hydroxyl groups is 1. The van der Waals surface area contributed by atoms with Gasteiger partial charge in [0.15, 0.2) is 0 Å². The Balaban J connectivity index is 1.72. The van der Waals surface area contributed by atoms with Crippen molar-refractivity contribution in [3.63, 3.8) is 0 Å². The highest BCUT2D eigenvalue weighted by Crippen LogP contribution is 2.16. The maximum atomic E-state index is 9.25. The van der Waals surface area contributed by atoms with E-state index in [-0.39, 0.29) is 5.75 Å². The summed E-state index contributed by atoms with van der Waals surface area (Å²) in [6, 6.07) is 15.2. The summed E-state index contributed by atoms with van der Waals surface area (Å²) in [6.07, 6.45) is 3.33. The van der Waals surface area contributed by atoms with Crippen molar-refractivity contribution in [1.29, 1.82) is 0 Å². The SMILES string of the molecule is Oc1ccc(CNc2cccc(-n3cnnc3)c2)cc1. The highest BCUT2D eigenvalue weighted by atomic mass is 16.3. The molecule has 5 heteroatoms. The number of benzene rings is 2. The van der Waals surface area contributed by atoms with Crippen LogP contribution in [0.3, 0.4) is 0 Å². The van der Waals surface area contributed by atoms with Crippen LogP contribution in [0.4, 0.5) is 5.69 Å². The molecular weight excluding hydrogens is 252 g/mol. The first-order valence-electron chi connectivity index (χ1n) is 6.28. The second kappa shape index (κ2) is 5.44. The summed E-state index contributed by atoms with van der Waals surface area (Å²) in [7, 11) is 0. The number of phenolic OH excluding ortho intramolecular Hbond substituents is 1. The molecule has 3 rings (SSSR count). The van der Waals surface area contributed by atoms with E-state index in [9.17, 15) is 5.11 Å². The molecule has 0 aliphatic rings. The van der Waals surface area contributed by atoms with Crippen molar-refractivity contribution in [1.82, 2.24) is 14.8 Å². The molecule has 20 heavy (non-hydrogen) atoms. The summed E-state index contributed by atoms with van der Waals surface area (Å²) in [5, 5.41) is 20.2. The second-order valence-electron chi connectivity index (χ2n) is 4.44. The molecule has 2 N–H and O–H groups in total. The number of aromatic nitrogens is 3. The fourth-order valence-corrected chi connectivity index (χ4v) is 1.93. The van der Waals surface area contributed by atoms with Gasteiger partial charge in [-0.2, -0.15) is 0 Å². The van der Waals surface area contributed by atoms with Crippen LogP contribution in [0.2, 0.25) is 0 Å². The average molecular weight is 266 g/mol. The van der Waals surface area contributed by atoms with E-state index in [1.54, 1.807) is 24.8 Å². The molecule has 0 saturated heterocycles. The van der Waals surface area contributed by atoms with Gasteiger partial charge in [0.2, 0.25) is 0 Å². The number of phenols is 1. The van der Waals surface area contributed by atoms with Crippen molar-refractivity contribution in [2.24, 2.45) is 0 Å². The molecule has 0 aliphatic carbocycles. The molecule has 5 nitrogen and oxygen atoms in total. The van der Waals surface area contributed by atoms with Crippen LogP contribution < -0.4 is 5.32 Å². The Morgan fingerprint density at radius 2 is 1.75 bits per heavy atom. The van der Waals surface area contributed by atoms with Crippen LogP contribution in [0, 0.1) is 0 Å². The van der Waals surface area contributed by atoms with Crippen LogP contribution in [-0.2, 0) is 6.54 Å². The molecule has 100 valence electrons. The lowest BCUT2D eigenvalue weighted by Crippen LogP contribution is -2.00. The highest BCUT2D eigenvalue weighted by Gasteiger charge is 1.99. The van der Waals surface area contributed by atoms with Crippen LogP contribution in [0.1, 0.15) is 5.56 Å². The predicted molar refractivity (Wildman–Crippen MR) is 76.8 cm³/mol. The molecular formula is C15H14N4O. The predicted octanol–water partition coefficient (Wildman–Crippen LogP) is 2.58. The number of hydrogen-bond acceptors (Lipinski definition) is 4. The van der Waals surface area contributed by atoms with Gasteiger partial charge in [-0.25, -0.2) is 0 Å². The maximum Gasteiger partial charge on any atom is 0.123 e. The van der Waals surface area contributed by atoms with Gasteiger partial charge in [0.25, 0.3) is 0 Å². The molecule has 0 saturated carbocycles. The minimum absolute atomic E-state index is 0.281. The topological polar surface area (TPSA) is 63.0 Å². The van der Waals surface area contributed by atoms with Crippen molar-refractivity contribution in [2.75, 3.05) is 5.32 Å². The normalized spacial score (nSPS) is 10.4. The molecule has 1 heterocycles. The zero-order valence-electron chi connectivity index (χ0n) is 10.8. The highest BCUT2D eigenvalue weighted by molar-refractivity contribution is 5.51. The molecule has 1 aromatic heterocycles. The molecule has 0 bridgehead atoms. The molecule has 0 spiro atoms. The number of hydrogen-bond donors (Lipinski definition) is 2. The molecule has 0 fully saturated rings. The summed E-state index contributed by atoms with van der Waals surface area (Å²) in [5.41, 5.74) is 3.13. The zero-order valence-corrected chi connectivity index (χ0v) is 10.8. The fourth-order valence-electron chi connectivity index (χ4n) is 1.93. The van der Waals surface area contributed by atoms with Crippen molar-refractivity contribution in [3.05, 3.63) is 66.7 Å². The van der Waals surface area contributed by atoms with E-state index >= 15 is 0 Å². The van der Waals surface area contributed by atoms with E-state index in [1.165, 1.54) is 0 Å². The lowest BCUT2D eigenvalue weighted by atomic mass is 10.2. The van der Waals surface area contributed by atoms with Crippen LogP contribution in [0.25, 0.3) is 5.69 Å². The monoisotopic (exact) mass is 266 g/mol. The van der Waals surface area contributed by atoms with Crippen molar-refractivity contribution in [2.45, 2.75) is 6.54 Å². The Kier molecular flexibility index (Phi) is 3.33. The summed E-state index contributed by atoms with van der Waals surface area (Å²) in [5.74, 6) is 0.281. The summed E-state index contributed by atoms with van der Waals surface area (Å²) < 4.78 is 1.85. The van der Waals surface area contributed by atoms with Gasteiger partial charge in [-0.15, -0.1) is 10.2 Å². The van der Waals surface area contributed by atoms with Crippen molar-refractivity contribution >= 4 is 5.69 Å². The Hall–Kier alpha value is -2.82. The van der Waals surface area contributed by atoms with Gasteiger partial charge < -0.3 is 10.4 Å². The van der Waals surface area contributed by atoms with Crippen LogP contribution in [0.5, 0.6) is 5.75 Å². The first-order chi connectivity index (χ1) is 9.81. The standard InChI is InChI=1S/C15H14N4O/c20-15-6-4-12(5-7-15)9-16-13-2-1-3-14(8-13)19-10-17-18-11-19/h1-8,10-11,16,20H,9H2. The molecule has 2 aromatic carbocycles. The third-order valence-corrected chi connectivity index (χ3v) is 3.00. The van der Waals surface area contributed by atoms with Gasteiger partial charge in [0, 0.05) is 12.2 Å². The van der Waals surface area contributed by atoms with E-state index in [1.807, 2.05) is 41.0 Å². The van der Waals surface area contributed by atoms with E-state index in [0.29, 0.717) is 6.54 Å². The summed E-state index contributed by atoms with van der Waals surface area (Å²) in [6.45, 7) is 0.700. The number of anilines is 1. The first-order valence-corrected chi connectivity index (χ1v) is 6.28. The maximum absolute atomic E-state index is 9.25. The third-order valence-electron chi connectivity index (χ3n) is 3.00. The van der Waals surface area contributed by atoms with E-state index in [4.69, 9.17) is 0 Å². The largest absolute Gasteiger partial charge is 0.508 e. The first kappa shape index (κ1) is 12.2. The van der Waals surface area contributed by atoms with E-state index in [0.717, 1.165) is 16.9 Å². The van der Waals surface area contributed by atoms with Gasteiger partial charge in [0.1, 0.15) is 18.4 Å². The number of rotatable bonds is 4. The van der Waals surface area contributed by atoms with Crippen molar-refractivity contribution in [3.8, 4) is 11.4 Å². The smallest absolute Gasteiger partial charge is 0.123 e. The van der Waals surface area contributed by atoms with Gasteiger partial charge in [0.05, 0.1) is 5.69 Å². The lowest BCUT2D eigenvalue weighted by Gasteiger charge is -2.09. The Morgan fingerprint density at radius 3 is 2.50 bits per heavy atom. The Bertz CT molecular complexity index is 677.